The molecule has 0 heterocycles. The molecule has 0 unspecified atom stereocenters. The summed E-state index contributed by atoms with van der Waals surface area (Å²) in [7, 11) is 0. The van der Waals surface area contributed by atoms with Gasteiger partial charge < -0.3 is 0 Å². The van der Waals surface area contributed by atoms with E-state index >= 15 is 0 Å². The first kappa shape index (κ1) is 19.2. The van der Waals surface area contributed by atoms with Gasteiger partial charge in [0, 0.05) is 21.8 Å². The molecule has 0 amide bonds. The van der Waals surface area contributed by atoms with Crippen LogP contribution in [0.25, 0.3) is 0 Å². The van der Waals surface area contributed by atoms with Crippen LogP contribution in [0.4, 0.5) is 5.69 Å². The lowest BCUT2D eigenvalue weighted by molar-refractivity contribution is -0.384. The number of hydrogen-bond acceptors (Lipinski definition) is 5. The molecule has 0 bridgehead atoms. The minimum atomic E-state index is -0.499. The zero-order chi connectivity index (χ0) is 18.2. The van der Waals surface area contributed by atoms with E-state index in [0.29, 0.717) is 5.56 Å². The van der Waals surface area contributed by atoms with E-state index in [1.165, 1.54) is 29.2 Å². The first-order valence-electron chi connectivity index (χ1n) is 7.09. The molecule has 2 aromatic rings. The smallest absolute Gasteiger partial charge is 0.258 e. The van der Waals surface area contributed by atoms with Gasteiger partial charge in [-0.25, -0.2) is 0 Å². The van der Waals surface area contributed by atoms with Gasteiger partial charge in [0.05, 0.1) is 28.2 Å². The molecule has 0 aliphatic carbocycles. The molecular formula is C18H17N3O2S. The Morgan fingerprint density at radius 3 is 1.67 bits per heavy atom. The summed E-state index contributed by atoms with van der Waals surface area (Å²) in [5.74, 6) is 0. The van der Waals surface area contributed by atoms with Gasteiger partial charge in [0.1, 0.15) is 0 Å². The Labute approximate surface area is 145 Å². The maximum atomic E-state index is 10.1. The third-order valence-corrected chi connectivity index (χ3v) is 3.73. The highest BCUT2D eigenvalue weighted by atomic mass is 32.2. The second kappa shape index (κ2) is 8.71. The second-order valence-electron chi connectivity index (χ2n) is 5.77. The molecule has 0 aromatic heterocycles. The fourth-order valence-corrected chi connectivity index (χ4v) is 2.59. The Hall–Kier alpha value is -2.83. The lowest BCUT2D eigenvalue weighted by atomic mass is 10.2. The van der Waals surface area contributed by atoms with Gasteiger partial charge in [0.25, 0.3) is 5.69 Å². The van der Waals surface area contributed by atoms with E-state index in [-0.39, 0.29) is 10.4 Å². The molecule has 122 valence electrons. The van der Waals surface area contributed by atoms with Crippen molar-refractivity contribution in [1.82, 2.24) is 0 Å². The molecule has 0 aliphatic rings. The number of nitrogens with zero attached hydrogens (tertiary/aromatic N) is 3. The Morgan fingerprint density at radius 2 is 1.33 bits per heavy atom. The number of nitro benzene ring substituents is 1. The summed E-state index contributed by atoms with van der Waals surface area (Å²) in [5, 5.41) is 27.1. The van der Waals surface area contributed by atoms with Gasteiger partial charge in [0.2, 0.25) is 0 Å². The summed E-state index contributed by atoms with van der Waals surface area (Å²) in [6.45, 7) is 6.53. The van der Waals surface area contributed by atoms with Crippen LogP contribution in [0.1, 0.15) is 31.9 Å². The lowest BCUT2D eigenvalue weighted by Gasteiger charge is -2.17. The fraction of sp³-hybridized carbons (Fsp3) is 0.222. The highest BCUT2D eigenvalue weighted by Crippen LogP contribution is 2.31. The Morgan fingerprint density at radius 1 is 0.917 bits per heavy atom. The first-order chi connectivity index (χ1) is 11.2. The van der Waals surface area contributed by atoms with E-state index < -0.39 is 4.92 Å². The number of non-ortho nitro benzene ring substituents is 1. The number of nitriles is 2. The highest BCUT2D eigenvalue weighted by molar-refractivity contribution is 8.00. The van der Waals surface area contributed by atoms with Crippen molar-refractivity contribution in [2.75, 3.05) is 0 Å². The summed E-state index contributed by atoms with van der Waals surface area (Å²) < 4.78 is 0.230. The van der Waals surface area contributed by atoms with Crippen LogP contribution in [-0.2, 0) is 0 Å². The van der Waals surface area contributed by atoms with Gasteiger partial charge in [-0.05, 0) is 36.4 Å². The molecule has 0 saturated heterocycles. The van der Waals surface area contributed by atoms with Crippen molar-refractivity contribution in [3.8, 4) is 12.1 Å². The highest BCUT2D eigenvalue weighted by Gasteiger charge is 2.11. The van der Waals surface area contributed by atoms with E-state index in [1.54, 1.807) is 0 Å². The minimum Gasteiger partial charge on any atom is -0.258 e. The van der Waals surface area contributed by atoms with Crippen LogP contribution < -0.4 is 0 Å². The zero-order valence-corrected chi connectivity index (χ0v) is 14.5. The molecule has 24 heavy (non-hydrogen) atoms. The lowest BCUT2D eigenvalue weighted by Crippen LogP contribution is -2.06. The number of thioether (sulfide) groups is 1. The molecule has 2 rings (SSSR count). The second-order valence-corrected chi connectivity index (χ2v) is 7.67. The molecule has 6 heteroatoms. The third kappa shape index (κ3) is 6.95. The quantitative estimate of drug-likeness (QED) is 0.440. The third-order valence-electron chi connectivity index (χ3n) is 2.61. The average Bonchev–Trinajstić information content (AvgIpc) is 2.55. The van der Waals surface area contributed by atoms with Gasteiger partial charge in [-0.1, -0.05) is 20.8 Å². The van der Waals surface area contributed by atoms with Gasteiger partial charge in [-0.2, -0.15) is 10.5 Å². The van der Waals surface area contributed by atoms with Crippen molar-refractivity contribution in [3.63, 3.8) is 0 Å². The molecule has 0 N–H and O–H groups in total. The van der Waals surface area contributed by atoms with Gasteiger partial charge in [-0.3, -0.25) is 10.1 Å². The summed E-state index contributed by atoms with van der Waals surface area (Å²) in [6, 6.07) is 17.1. The summed E-state index contributed by atoms with van der Waals surface area (Å²) in [6.07, 6.45) is 0. The number of benzene rings is 2. The van der Waals surface area contributed by atoms with Crippen LogP contribution in [0.3, 0.4) is 0 Å². The van der Waals surface area contributed by atoms with E-state index in [4.69, 9.17) is 10.5 Å². The maximum absolute atomic E-state index is 10.1. The Bertz CT molecular complexity index is 764. The topological polar surface area (TPSA) is 90.7 Å². The molecule has 0 atom stereocenters. The van der Waals surface area contributed by atoms with Crippen molar-refractivity contribution < 1.29 is 4.92 Å². The molecule has 0 saturated carbocycles. The van der Waals surface area contributed by atoms with Crippen LogP contribution in [-0.4, -0.2) is 9.67 Å². The van der Waals surface area contributed by atoms with Crippen LogP contribution in [0.2, 0.25) is 0 Å². The Kier molecular flexibility index (Phi) is 6.98. The normalized spacial score (nSPS) is 9.88. The predicted octanol–water partition coefficient (Wildman–Crippen LogP) is 4.92. The van der Waals surface area contributed by atoms with E-state index in [2.05, 4.69) is 26.8 Å². The molecule has 0 radical (unpaired) electrons. The first-order valence-corrected chi connectivity index (χ1v) is 7.90. The predicted molar refractivity (Wildman–Crippen MR) is 94.6 cm³/mol. The largest absolute Gasteiger partial charge is 0.269 e. The molecular weight excluding hydrogens is 322 g/mol. The van der Waals surface area contributed by atoms with Crippen LogP contribution in [0.15, 0.2) is 53.4 Å². The molecule has 2 aromatic carbocycles. The molecule has 0 fully saturated rings. The van der Waals surface area contributed by atoms with E-state index in [9.17, 15) is 10.1 Å². The van der Waals surface area contributed by atoms with Gasteiger partial charge in [-0.15, -0.1) is 11.8 Å². The Balaban J connectivity index is 0.000000243. The van der Waals surface area contributed by atoms with Crippen LogP contribution in [0, 0.1) is 32.8 Å². The van der Waals surface area contributed by atoms with Crippen LogP contribution in [0.5, 0.6) is 0 Å². The van der Waals surface area contributed by atoms with Crippen molar-refractivity contribution in [2.45, 2.75) is 30.4 Å². The zero-order valence-electron chi connectivity index (χ0n) is 13.7. The number of rotatable bonds is 2. The average molecular weight is 339 g/mol. The van der Waals surface area contributed by atoms with Gasteiger partial charge in [0.15, 0.2) is 0 Å². The SMILES string of the molecule is CC(C)(C)Sc1ccc(C#N)cc1.N#Cc1ccc([N+](=O)[O-])cc1. The maximum Gasteiger partial charge on any atom is 0.269 e. The van der Waals surface area contributed by atoms with Crippen molar-refractivity contribution in [3.05, 3.63) is 69.8 Å². The summed E-state index contributed by atoms with van der Waals surface area (Å²) in [4.78, 5) is 10.8. The molecule has 5 nitrogen and oxygen atoms in total. The van der Waals surface area contributed by atoms with Crippen molar-refractivity contribution in [1.29, 1.82) is 10.5 Å². The number of nitro groups is 1. The van der Waals surface area contributed by atoms with Gasteiger partial charge >= 0.3 is 0 Å². The summed E-state index contributed by atoms with van der Waals surface area (Å²) >= 11 is 1.81. The monoisotopic (exact) mass is 339 g/mol. The minimum absolute atomic E-state index is 0.00370. The van der Waals surface area contributed by atoms with Crippen molar-refractivity contribution in [2.24, 2.45) is 0 Å². The van der Waals surface area contributed by atoms with E-state index in [1.807, 2.05) is 42.1 Å². The molecule has 0 spiro atoms. The standard InChI is InChI=1S/C11H13NS.C7H4N2O2/c1-11(2,3)13-10-6-4-9(8-12)5-7-10;8-5-6-1-3-7(4-2-6)9(10)11/h4-7H,1-3H3;1-4H. The number of hydrogen-bond donors (Lipinski definition) is 0. The molecule has 0 aliphatic heterocycles. The van der Waals surface area contributed by atoms with E-state index in [0.717, 1.165) is 5.56 Å². The van der Waals surface area contributed by atoms with Crippen LogP contribution >= 0.6 is 11.8 Å². The fourth-order valence-electron chi connectivity index (χ4n) is 1.61. The van der Waals surface area contributed by atoms with Crippen molar-refractivity contribution >= 4 is 17.4 Å². The summed E-state index contributed by atoms with van der Waals surface area (Å²) in [5.41, 5.74) is 1.15.